The summed E-state index contributed by atoms with van der Waals surface area (Å²) in [5.41, 5.74) is -0.0763. The summed E-state index contributed by atoms with van der Waals surface area (Å²) in [7, 11) is 1.63. The molecular weight excluding hydrogens is 256 g/mol. The van der Waals surface area contributed by atoms with Crippen LogP contribution in [0.2, 0.25) is 0 Å². The number of carbonyl (C=O) groups is 1. The lowest BCUT2D eigenvalue weighted by atomic mass is 10.2. The van der Waals surface area contributed by atoms with Gasteiger partial charge in [-0.1, -0.05) is 19.9 Å². The normalized spacial score (nSPS) is 10.8. The Morgan fingerprint density at radius 1 is 1.40 bits per heavy atom. The Labute approximate surface area is 120 Å². The summed E-state index contributed by atoms with van der Waals surface area (Å²) in [6, 6.07) is 4.99. The molecular formula is C15H24N2O3. The van der Waals surface area contributed by atoms with Crippen LogP contribution in [0.15, 0.2) is 29.2 Å². The van der Waals surface area contributed by atoms with E-state index in [0.29, 0.717) is 38.6 Å². The summed E-state index contributed by atoms with van der Waals surface area (Å²) in [5, 5.41) is 0. The minimum atomic E-state index is -0.0763. The lowest BCUT2D eigenvalue weighted by molar-refractivity contribution is -0.132. The molecule has 0 N–H and O–H groups in total. The van der Waals surface area contributed by atoms with Crippen LogP contribution in [0.25, 0.3) is 0 Å². The predicted molar refractivity (Wildman–Crippen MR) is 78.6 cm³/mol. The van der Waals surface area contributed by atoms with E-state index in [4.69, 9.17) is 4.74 Å². The molecule has 112 valence electrons. The van der Waals surface area contributed by atoms with E-state index in [1.165, 1.54) is 6.07 Å². The monoisotopic (exact) mass is 280 g/mol. The van der Waals surface area contributed by atoms with Crippen LogP contribution in [0.3, 0.4) is 0 Å². The second-order valence-electron chi connectivity index (χ2n) is 5.21. The fourth-order valence-electron chi connectivity index (χ4n) is 1.98. The standard InChI is InChI=1S/C15H24N2O3/c1-13(2)12-17(10-11-20-3)15(19)7-9-16-8-5-4-6-14(16)18/h4-6,8,13H,7,9-12H2,1-3H3. The maximum Gasteiger partial charge on any atom is 0.250 e. The van der Waals surface area contributed by atoms with E-state index >= 15 is 0 Å². The van der Waals surface area contributed by atoms with Crippen molar-refractivity contribution in [1.82, 2.24) is 9.47 Å². The molecule has 1 rings (SSSR count). The van der Waals surface area contributed by atoms with Crippen LogP contribution in [0.5, 0.6) is 0 Å². The Morgan fingerprint density at radius 2 is 2.15 bits per heavy atom. The van der Waals surface area contributed by atoms with Crippen LogP contribution in [0.4, 0.5) is 0 Å². The number of aryl methyl sites for hydroxylation is 1. The zero-order chi connectivity index (χ0) is 15.0. The first kappa shape index (κ1) is 16.4. The number of pyridine rings is 1. The fourth-order valence-corrected chi connectivity index (χ4v) is 1.98. The number of methoxy groups -OCH3 is 1. The van der Waals surface area contributed by atoms with Gasteiger partial charge in [-0.25, -0.2) is 0 Å². The number of ether oxygens (including phenoxy) is 1. The van der Waals surface area contributed by atoms with Crippen molar-refractivity contribution in [2.24, 2.45) is 5.92 Å². The van der Waals surface area contributed by atoms with Crippen LogP contribution in [-0.4, -0.2) is 42.2 Å². The molecule has 0 aliphatic carbocycles. The third-order valence-corrected chi connectivity index (χ3v) is 2.97. The molecule has 0 spiro atoms. The summed E-state index contributed by atoms with van der Waals surface area (Å²) in [6.07, 6.45) is 2.04. The van der Waals surface area contributed by atoms with Gasteiger partial charge >= 0.3 is 0 Å². The molecule has 1 heterocycles. The number of hydrogen-bond acceptors (Lipinski definition) is 3. The second-order valence-corrected chi connectivity index (χ2v) is 5.21. The van der Waals surface area contributed by atoms with Gasteiger partial charge in [0.05, 0.1) is 6.61 Å². The first-order valence-electron chi connectivity index (χ1n) is 6.96. The molecule has 0 unspecified atom stereocenters. The van der Waals surface area contributed by atoms with Gasteiger partial charge in [0, 0.05) is 45.4 Å². The molecule has 0 saturated heterocycles. The molecule has 0 saturated carbocycles. The van der Waals surface area contributed by atoms with Crippen LogP contribution >= 0.6 is 0 Å². The van der Waals surface area contributed by atoms with E-state index in [2.05, 4.69) is 13.8 Å². The average Bonchev–Trinajstić information content (AvgIpc) is 2.41. The van der Waals surface area contributed by atoms with Crippen molar-refractivity contribution >= 4 is 5.91 Å². The highest BCUT2D eigenvalue weighted by Crippen LogP contribution is 2.02. The molecule has 0 aliphatic rings. The van der Waals surface area contributed by atoms with Crippen LogP contribution in [0, 0.1) is 5.92 Å². The second kappa shape index (κ2) is 8.53. The van der Waals surface area contributed by atoms with Crippen molar-refractivity contribution in [1.29, 1.82) is 0 Å². The van der Waals surface area contributed by atoms with E-state index in [0.717, 1.165) is 0 Å². The van der Waals surface area contributed by atoms with Crippen LogP contribution in [-0.2, 0) is 16.1 Å². The van der Waals surface area contributed by atoms with Crippen LogP contribution in [0.1, 0.15) is 20.3 Å². The molecule has 0 bridgehead atoms. The van der Waals surface area contributed by atoms with Gasteiger partial charge in [-0.15, -0.1) is 0 Å². The summed E-state index contributed by atoms with van der Waals surface area (Å²) >= 11 is 0. The van der Waals surface area contributed by atoms with E-state index in [1.807, 2.05) is 4.90 Å². The summed E-state index contributed by atoms with van der Waals surface area (Å²) in [5.74, 6) is 0.474. The van der Waals surface area contributed by atoms with Gasteiger partial charge in [-0.2, -0.15) is 0 Å². The highest BCUT2D eigenvalue weighted by Gasteiger charge is 2.14. The Morgan fingerprint density at radius 3 is 2.75 bits per heavy atom. The highest BCUT2D eigenvalue weighted by molar-refractivity contribution is 5.76. The zero-order valence-electron chi connectivity index (χ0n) is 12.5. The third kappa shape index (κ3) is 5.57. The number of amides is 1. The van der Waals surface area contributed by atoms with Gasteiger partial charge in [0.25, 0.3) is 5.56 Å². The molecule has 0 atom stereocenters. The molecule has 0 aromatic carbocycles. The van der Waals surface area contributed by atoms with Gasteiger partial charge in [0.1, 0.15) is 0 Å². The van der Waals surface area contributed by atoms with Gasteiger partial charge < -0.3 is 14.2 Å². The maximum absolute atomic E-state index is 12.2. The molecule has 20 heavy (non-hydrogen) atoms. The Hall–Kier alpha value is -1.62. The first-order valence-corrected chi connectivity index (χ1v) is 6.96. The van der Waals surface area contributed by atoms with Gasteiger partial charge in [-0.3, -0.25) is 9.59 Å². The number of carbonyl (C=O) groups excluding carboxylic acids is 1. The molecule has 0 radical (unpaired) electrons. The minimum Gasteiger partial charge on any atom is -0.383 e. The third-order valence-electron chi connectivity index (χ3n) is 2.97. The van der Waals surface area contributed by atoms with Crippen molar-refractivity contribution in [3.05, 3.63) is 34.7 Å². The first-order chi connectivity index (χ1) is 9.54. The smallest absolute Gasteiger partial charge is 0.250 e. The lowest BCUT2D eigenvalue weighted by Gasteiger charge is -2.24. The van der Waals surface area contributed by atoms with Crippen molar-refractivity contribution < 1.29 is 9.53 Å². The average molecular weight is 280 g/mol. The number of nitrogens with zero attached hydrogens (tertiary/aromatic N) is 2. The van der Waals surface area contributed by atoms with Crippen molar-refractivity contribution in [3.63, 3.8) is 0 Å². The Balaban J connectivity index is 2.57. The minimum absolute atomic E-state index is 0.0616. The van der Waals surface area contributed by atoms with Crippen molar-refractivity contribution in [3.8, 4) is 0 Å². The summed E-state index contributed by atoms with van der Waals surface area (Å²) < 4.78 is 6.59. The quantitative estimate of drug-likeness (QED) is 0.722. The zero-order valence-corrected chi connectivity index (χ0v) is 12.5. The summed E-state index contributed by atoms with van der Waals surface area (Å²) in [4.78, 5) is 25.6. The molecule has 1 aromatic rings. The van der Waals surface area contributed by atoms with Crippen LogP contribution < -0.4 is 5.56 Å². The van der Waals surface area contributed by atoms with Gasteiger partial charge in [-0.05, 0) is 12.0 Å². The molecule has 5 heteroatoms. The van der Waals surface area contributed by atoms with E-state index in [1.54, 1.807) is 30.0 Å². The number of hydrogen-bond donors (Lipinski definition) is 0. The lowest BCUT2D eigenvalue weighted by Crippen LogP contribution is -2.37. The van der Waals surface area contributed by atoms with Crippen molar-refractivity contribution in [2.75, 3.05) is 26.8 Å². The number of aromatic nitrogens is 1. The topological polar surface area (TPSA) is 51.5 Å². The number of rotatable bonds is 8. The SMILES string of the molecule is COCCN(CC(C)C)C(=O)CCn1ccccc1=O. The Kier molecular flexibility index (Phi) is 7.01. The van der Waals surface area contributed by atoms with E-state index in [9.17, 15) is 9.59 Å². The molecule has 1 amide bonds. The highest BCUT2D eigenvalue weighted by atomic mass is 16.5. The molecule has 0 aliphatic heterocycles. The maximum atomic E-state index is 12.2. The largest absolute Gasteiger partial charge is 0.383 e. The van der Waals surface area contributed by atoms with E-state index in [-0.39, 0.29) is 11.5 Å². The Bertz CT molecular complexity index is 468. The van der Waals surface area contributed by atoms with E-state index < -0.39 is 0 Å². The molecule has 5 nitrogen and oxygen atoms in total. The molecule has 1 aromatic heterocycles. The van der Waals surface area contributed by atoms with Gasteiger partial charge in [0.15, 0.2) is 0 Å². The van der Waals surface area contributed by atoms with Crippen molar-refractivity contribution in [2.45, 2.75) is 26.8 Å². The van der Waals surface area contributed by atoms with Gasteiger partial charge in [0.2, 0.25) is 5.91 Å². The summed E-state index contributed by atoms with van der Waals surface area (Å²) in [6.45, 7) is 6.41. The molecule has 0 fully saturated rings. The fraction of sp³-hybridized carbons (Fsp3) is 0.600. The predicted octanol–water partition coefficient (Wildman–Crippen LogP) is 1.37.